The summed E-state index contributed by atoms with van der Waals surface area (Å²) in [7, 11) is 0. The molecule has 0 bridgehead atoms. The zero-order chi connectivity index (χ0) is 14.2. The molecule has 2 aliphatic carbocycles. The molecule has 0 unspecified atom stereocenters. The molecule has 0 atom stereocenters. The van der Waals surface area contributed by atoms with Gasteiger partial charge in [-0.2, -0.15) is 0 Å². The first-order valence-electron chi connectivity index (χ1n) is 8.01. The second-order valence-electron chi connectivity index (χ2n) is 6.26. The molecule has 0 saturated heterocycles. The number of nitrogens with one attached hydrogen (secondary N) is 1. The molecule has 1 fully saturated rings. The molecule has 112 valence electrons. The zero-order valence-corrected chi connectivity index (χ0v) is 13.0. The summed E-state index contributed by atoms with van der Waals surface area (Å²) < 4.78 is 0. The van der Waals surface area contributed by atoms with Gasteiger partial charge < -0.3 is 10.4 Å². The monoisotopic (exact) mass is 303 g/mol. The number of thiophene rings is 1. The summed E-state index contributed by atoms with van der Waals surface area (Å²) in [5.74, 6) is 1.01. The summed E-state index contributed by atoms with van der Waals surface area (Å²) in [6, 6.07) is 0.436. The van der Waals surface area contributed by atoms with Crippen molar-refractivity contribution in [2.24, 2.45) is 0 Å². The van der Waals surface area contributed by atoms with Crippen LogP contribution in [0.1, 0.15) is 49.0 Å². The van der Waals surface area contributed by atoms with Gasteiger partial charge in [0.25, 0.3) is 0 Å². The van der Waals surface area contributed by atoms with Crippen molar-refractivity contribution >= 4 is 27.4 Å². The Bertz CT molecular complexity index is 646. The van der Waals surface area contributed by atoms with Crippen LogP contribution in [0.3, 0.4) is 0 Å². The summed E-state index contributed by atoms with van der Waals surface area (Å²) >= 11 is 1.85. The number of rotatable bonds is 2. The molecular weight excluding hydrogens is 282 g/mol. The number of nitrogens with zero attached hydrogens (tertiary/aromatic N) is 2. The van der Waals surface area contributed by atoms with Crippen LogP contribution in [0.25, 0.3) is 10.2 Å². The first-order valence-corrected chi connectivity index (χ1v) is 8.83. The van der Waals surface area contributed by atoms with E-state index in [4.69, 9.17) is 0 Å². The Labute approximate surface area is 128 Å². The molecule has 0 radical (unpaired) electrons. The van der Waals surface area contributed by atoms with Crippen LogP contribution in [-0.4, -0.2) is 27.2 Å². The van der Waals surface area contributed by atoms with Gasteiger partial charge in [0, 0.05) is 10.9 Å². The highest BCUT2D eigenvalue weighted by Gasteiger charge is 2.23. The SMILES string of the molecule is O[C@H]1CC[C@H](Nc2ncnc3sc4c(c23)CCCC4)CC1. The predicted octanol–water partition coefficient (Wildman–Crippen LogP) is 3.29. The maximum atomic E-state index is 9.64. The lowest BCUT2D eigenvalue weighted by Crippen LogP contribution is -2.28. The Morgan fingerprint density at radius 2 is 1.90 bits per heavy atom. The van der Waals surface area contributed by atoms with E-state index >= 15 is 0 Å². The van der Waals surface area contributed by atoms with E-state index < -0.39 is 0 Å². The van der Waals surface area contributed by atoms with E-state index in [9.17, 15) is 5.11 Å². The highest BCUT2D eigenvalue weighted by Crippen LogP contribution is 2.38. The highest BCUT2D eigenvalue weighted by atomic mass is 32.1. The highest BCUT2D eigenvalue weighted by molar-refractivity contribution is 7.19. The zero-order valence-electron chi connectivity index (χ0n) is 12.1. The van der Waals surface area contributed by atoms with E-state index in [0.29, 0.717) is 6.04 Å². The summed E-state index contributed by atoms with van der Waals surface area (Å²) in [5, 5.41) is 14.5. The molecule has 4 rings (SSSR count). The Balaban J connectivity index is 1.66. The molecule has 2 aromatic rings. The molecule has 0 aliphatic heterocycles. The number of aryl methyl sites for hydroxylation is 2. The minimum absolute atomic E-state index is 0.109. The Kier molecular flexibility index (Phi) is 3.55. The molecule has 2 aromatic heterocycles. The minimum Gasteiger partial charge on any atom is -0.393 e. The quantitative estimate of drug-likeness (QED) is 0.894. The van der Waals surface area contributed by atoms with E-state index in [1.165, 1.54) is 41.5 Å². The van der Waals surface area contributed by atoms with Crippen molar-refractivity contribution in [3.63, 3.8) is 0 Å². The molecule has 21 heavy (non-hydrogen) atoms. The second kappa shape index (κ2) is 5.54. The van der Waals surface area contributed by atoms with Crippen LogP contribution >= 0.6 is 11.3 Å². The molecule has 2 aliphatic rings. The molecule has 0 aromatic carbocycles. The van der Waals surface area contributed by atoms with Crippen LogP contribution in [0.2, 0.25) is 0 Å². The number of aliphatic hydroxyl groups is 1. The van der Waals surface area contributed by atoms with Crippen LogP contribution in [0.15, 0.2) is 6.33 Å². The summed E-state index contributed by atoms with van der Waals surface area (Å²) in [5.41, 5.74) is 1.49. The average molecular weight is 303 g/mol. The van der Waals surface area contributed by atoms with Crippen LogP contribution in [0.4, 0.5) is 5.82 Å². The van der Waals surface area contributed by atoms with Crippen molar-refractivity contribution in [2.75, 3.05) is 5.32 Å². The van der Waals surface area contributed by atoms with Gasteiger partial charge in [-0.05, 0) is 56.9 Å². The molecule has 0 amide bonds. The number of fused-ring (bicyclic) bond motifs is 3. The lowest BCUT2D eigenvalue weighted by molar-refractivity contribution is 0.126. The van der Waals surface area contributed by atoms with Gasteiger partial charge in [0.2, 0.25) is 0 Å². The standard InChI is InChI=1S/C16H21N3OS/c20-11-7-5-10(6-8-11)19-15-14-12-3-1-2-4-13(12)21-16(14)18-9-17-15/h9-11,20H,1-8H2,(H,17,18,19)/t10-,11-. The lowest BCUT2D eigenvalue weighted by atomic mass is 9.93. The number of aliphatic hydroxyl groups excluding tert-OH is 1. The Hall–Kier alpha value is -1.20. The first-order chi connectivity index (χ1) is 10.3. The van der Waals surface area contributed by atoms with Crippen molar-refractivity contribution < 1.29 is 5.11 Å². The molecule has 0 spiro atoms. The molecule has 1 saturated carbocycles. The van der Waals surface area contributed by atoms with Crippen molar-refractivity contribution in [1.29, 1.82) is 0 Å². The van der Waals surface area contributed by atoms with E-state index in [-0.39, 0.29) is 6.10 Å². The first kappa shape index (κ1) is 13.5. The van der Waals surface area contributed by atoms with E-state index in [2.05, 4.69) is 15.3 Å². The van der Waals surface area contributed by atoms with Gasteiger partial charge in [0.15, 0.2) is 0 Å². The van der Waals surface area contributed by atoms with Gasteiger partial charge in [-0.25, -0.2) is 9.97 Å². The maximum Gasteiger partial charge on any atom is 0.138 e. The van der Waals surface area contributed by atoms with Crippen LogP contribution in [0, 0.1) is 0 Å². The van der Waals surface area contributed by atoms with Gasteiger partial charge in [-0.1, -0.05) is 0 Å². The smallest absolute Gasteiger partial charge is 0.138 e. The van der Waals surface area contributed by atoms with Gasteiger partial charge in [-0.3, -0.25) is 0 Å². The average Bonchev–Trinajstić information content (AvgIpc) is 2.89. The Morgan fingerprint density at radius 1 is 1.10 bits per heavy atom. The minimum atomic E-state index is -0.109. The van der Waals surface area contributed by atoms with Gasteiger partial charge >= 0.3 is 0 Å². The maximum absolute atomic E-state index is 9.64. The third-order valence-electron chi connectivity index (χ3n) is 4.79. The molecular formula is C16H21N3OS. The molecule has 5 heteroatoms. The number of aromatic nitrogens is 2. The van der Waals surface area contributed by atoms with Crippen LogP contribution in [0.5, 0.6) is 0 Å². The van der Waals surface area contributed by atoms with E-state index in [0.717, 1.165) is 36.3 Å². The van der Waals surface area contributed by atoms with Crippen molar-refractivity contribution in [3.05, 3.63) is 16.8 Å². The summed E-state index contributed by atoms with van der Waals surface area (Å²) in [6.45, 7) is 0. The lowest BCUT2D eigenvalue weighted by Gasteiger charge is -2.27. The second-order valence-corrected chi connectivity index (χ2v) is 7.35. The number of hydrogen-bond acceptors (Lipinski definition) is 5. The fraction of sp³-hybridized carbons (Fsp3) is 0.625. The van der Waals surface area contributed by atoms with Crippen molar-refractivity contribution in [1.82, 2.24) is 9.97 Å². The molecule has 2 heterocycles. The van der Waals surface area contributed by atoms with E-state index in [1.807, 2.05) is 11.3 Å². The van der Waals surface area contributed by atoms with Crippen LogP contribution in [-0.2, 0) is 12.8 Å². The summed E-state index contributed by atoms with van der Waals surface area (Å²) in [6.07, 6.45) is 10.4. The van der Waals surface area contributed by atoms with E-state index in [1.54, 1.807) is 6.33 Å². The predicted molar refractivity (Wildman–Crippen MR) is 85.9 cm³/mol. The third kappa shape index (κ3) is 2.53. The topological polar surface area (TPSA) is 58.0 Å². The summed E-state index contributed by atoms with van der Waals surface area (Å²) in [4.78, 5) is 11.6. The molecule has 2 N–H and O–H groups in total. The number of anilines is 1. The van der Waals surface area contributed by atoms with Crippen LogP contribution < -0.4 is 5.32 Å². The van der Waals surface area contributed by atoms with Gasteiger partial charge in [0.05, 0.1) is 11.5 Å². The van der Waals surface area contributed by atoms with Gasteiger partial charge in [-0.15, -0.1) is 11.3 Å². The van der Waals surface area contributed by atoms with Crippen molar-refractivity contribution in [2.45, 2.75) is 63.5 Å². The molecule has 4 nitrogen and oxygen atoms in total. The van der Waals surface area contributed by atoms with Crippen molar-refractivity contribution in [3.8, 4) is 0 Å². The third-order valence-corrected chi connectivity index (χ3v) is 5.99. The number of hydrogen-bond donors (Lipinski definition) is 2. The fourth-order valence-corrected chi connectivity index (χ4v) is 4.84. The largest absolute Gasteiger partial charge is 0.393 e. The fourth-order valence-electron chi connectivity index (χ4n) is 3.61. The van der Waals surface area contributed by atoms with Gasteiger partial charge in [0.1, 0.15) is 17.0 Å². The normalized spacial score (nSPS) is 25.8. The Morgan fingerprint density at radius 3 is 2.76 bits per heavy atom.